The number of methoxy groups -OCH3 is 1. The number of hydrogen-bond donors (Lipinski definition) is 1. The van der Waals surface area contributed by atoms with Gasteiger partial charge in [-0.05, 0) is 51.0 Å². The Kier molecular flexibility index (Phi) is 4.27. The molecule has 0 aliphatic carbocycles. The number of nitrogens with zero attached hydrogens (tertiary/aromatic N) is 3. The minimum atomic E-state index is -0.979. The van der Waals surface area contributed by atoms with Gasteiger partial charge in [0.05, 0.1) is 7.11 Å². The third kappa shape index (κ3) is 3.05. The van der Waals surface area contributed by atoms with Gasteiger partial charge in [-0.15, -0.1) is 0 Å². The fraction of sp³-hybridized carbons (Fsp3) is 0.333. The normalized spacial score (nSPS) is 15.8. The monoisotopic (exact) mass is 356 g/mol. The molecule has 1 fully saturated rings. The number of hydrogen-bond acceptors (Lipinski definition) is 6. The Morgan fingerprint density at radius 2 is 1.73 bits per heavy atom. The van der Waals surface area contributed by atoms with Crippen LogP contribution in [0.3, 0.4) is 0 Å². The second-order valence-corrected chi connectivity index (χ2v) is 6.60. The minimum Gasteiger partial charge on any atom is -0.496 e. The van der Waals surface area contributed by atoms with Crippen molar-refractivity contribution in [1.82, 2.24) is 15.3 Å². The molecule has 136 valence electrons. The molecular formula is C18H20N4O4. The van der Waals surface area contributed by atoms with Gasteiger partial charge < -0.3 is 14.8 Å². The van der Waals surface area contributed by atoms with Gasteiger partial charge >= 0.3 is 6.03 Å². The Hall–Kier alpha value is -3.16. The number of aromatic nitrogens is 2. The van der Waals surface area contributed by atoms with Crippen molar-refractivity contribution in [2.24, 2.45) is 0 Å². The highest BCUT2D eigenvalue weighted by molar-refractivity contribution is 6.22. The lowest BCUT2D eigenvalue weighted by Gasteiger charge is -2.16. The van der Waals surface area contributed by atoms with Crippen molar-refractivity contribution < 1.29 is 19.1 Å². The lowest BCUT2D eigenvalue weighted by atomic mass is 10.1. The fourth-order valence-electron chi connectivity index (χ4n) is 2.88. The van der Waals surface area contributed by atoms with Gasteiger partial charge in [0.1, 0.15) is 23.4 Å². The van der Waals surface area contributed by atoms with Crippen LogP contribution in [0.4, 0.5) is 10.6 Å². The summed E-state index contributed by atoms with van der Waals surface area (Å²) in [5.74, 6) is 1.36. The van der Waals surface area contributed by atoms with Gasteiger partial charge in [-0.1, -0.05) is 0 Å². The maximum absolute atomic E-state index is 12.4. The number of carbonyl (C=O) groups is 2. The van der Waals surface area contributed by atoms with Crippen LogP contribution in [-0.2, 0) is 4.79 Å². The number of carbonyl (C=O) groups excluding carboxylic acids is 2. The minimum absolute atomic E-state index is 0.157. The van der Waals surface area contributed by atoms with Crippen LogP contribution in [0.5, 0.6) is 17.4 Å². The zero-order chi connectivity index (χ0) is 19.1. The van der Waals surface area contributed by atoms with Crippen LogP contribution in [0.1, 0.15) is 25.0 Å². The summed E-state index contributed by atoms with van der Waals surface area (Å²) < 4.78 is 11.1. The molecule has 3 amide bonds. The van der Waals surface area contributed by atoms with Gasteiger partial charge in [-0.3, -0.25) is 4.79 Å². The number of imide groups is 1. The average molecular weight is 356 g/mol. The van der Waals surface area contributed by atoms with Gasteiger partial charge in [0.15, 0.2) is 5.82 Å². The summed E-state index contributed by atoms with van der Waals surface area (Å²) in [5.41, 5.74) is 0.869. The molecule has 1 aliphatic rings. The zero-order valence-corrected chi connectivity index (χ0v) is 15.3. The maximum Gasteiger partial charge on any atom is 0.330 e. The molecular weight excluding hydrogens is 336 g/mol. The molecule has 0 saturated carbocycles. The lowest BCUT2D eigenvalue weighted by Crippen LogP contribution is -2.40. The number of urea groups is 1. The quantitative estimate of drug-likeness (QED) is 0.847. The maximum atomic E-state index is 12.4. The van der Waals surface area contributed by atoms with E-state index < -0.39 is 11.6 Å². The second-order valence-electron chi connectivity index (χ2n) is 6.60. The average Bonchev–Trinajstić information content (AvgIpc) is 2.75. The summed E-state index contributed by atoms with van der Waals surface area (Å²) in [7, 11) is 1.62. The van der Waals surface area contributed by atoms with Crippen molar-refractivity contribution in [3.63, 3.8) is 0 Å². The van der Waals surface area contributed by atoms with Gasteiger partial charge in [0, 0.05) is 6.07 Å². The molecule has 8 heteroatoms. The van der Waals surface area contributed by atoms with E-state index in [0.717, 1.165) is 21.8 Å². The summed E-state index contributed by atoms with van der Waals surface area (Å²) in [6, 6.07) is 4.57. The summed E-state index contributed by atoms with van der Waals surface area (Å²) in [5, 5.41) is 2.61. The van der Waals surface area contributed by atoms with Crippen LogP contribution < -0.4 is 19.7 Å². The SMILES string of the molecule is COc1c(C)cc(Oc2cc(N3C(=O)NC(C)(C)C3=O)ncn2)cc1C. The number of nitrogens with one attached hydrogen (secondary N) is 1. The summed E-state index contributed by atoms with van der Waals surface area (Å²) in [6.45, 7) is 7.10. The Bertz CT molecular complexity index is 872. The van der Waals surface area contributed by atoms with E-state index in [4.69, 9.17) is 9.47 Å². The molecule has 1 aliphatic heterocycles. The number of rotatable bonds is 4. The highest BCUT2D eigenvalue weighted by Gasteiger charge is 2.45. The predicted molar refractivity (Wildman–Crippen MR) is 94.7 cm³/mol. The molecule has 1 aromatic heterocycles. The zero-order valence-electron chi connectivity index (χ0n) is 15.3. The molecule has 1 saturated heterocycles. The smallest absolute Gasteiger partial charge is 0.330 e. The van der Waals surface area contributed by atoms with Crippen molar-refractivity contribution in [2.75, 3.05) is 12.0 Å². The molecule has 1 aromatic carbocycles. The van der Waals surface area contributed by atoms with Crippen molar-refractivity contribution in [2.45, 2.75) is 33.2 Å². The molecule has 0 unspecified atom stereocenters. The number of anilines is 1. The van der Waals surface area contributed by atoms with E-state index in [-0.39, 0.29) is 17.6 Å². The lowest BCUT2D eigenvalue weighted by molar-refractivity contribution is -0.121. The van der Waals surface area contributed by atoms with Crippen LogP contribution in [-0.4, -0.2) is 34.6 Å². The molecule has 2 aromatic rings. The first-order valence-corrected chi connectivity index (χ1v) is 8.05. The first-order valence-electron chi connectivity index (χ1n) is 8.05. The molecule has 0 atom stereocenters. The third-order valence-electron chi connectivity index (χ3n) is 4.08. The molecule has 3 rings (SSSR count). The Morgan fingerprint density at radius 3 is 2.27 bits per heavy atom. The Balaban J connectivity index is 1.89. The second kappa shape index (κ2) is 6.29. The third-order valence-corrected chi connectivity index (χ3v) is 4.08. The van der Waals surface area contributed by atoms with Gasteiger partial charge in [-0.2, -0.15) is 0 Å². The summed E-state index contributed by atoms with van der Waals surface area (Å²) >= 11 is 0. The Labute approximate surface area is 151 Å². The van der Waals surface area contributed by atoms with Crippen molar-refractivity contribution in [3.8, 4) is 17.4 Å². The van der Waals surface area contributed by atoms with Crippen LogP contribution in [0.25, 0.3) is 0 Å². The van der Waals surface area contributed by atoms with Crippen molar-refractivity contribution in [1.29, 1.82) is 0 Å². The molecule has 26 heavy (non-hydrogen) atoms. The first-order chi connectivity index (χ1) is 12.2. The Morgan fingerprint density at radius 1 is 1.08 bits per heavy atom. The van der Waals surface area contributed by atoms with Gasteiger partial charge in [0.25, 0.3) is 5.91 Å². The van der Waals surface area contributed by atoms with E-state index in [2.05, 4.69) is 15.3 Å². The molecule has 0 spiro atoms. The fourth-order valence-corrected chi connectivity index (χ4v) is 2.88. The number of ether oxygens (including phenoxy) is 2. The highest BCUT2D eigenvalue weighted by Crippen LogP contribution is 2.31. The largest absolute Gasteiger partial charge is 0.496 e. The number of amides is 3. The molecule has 0 radical (unpaired) electrons. The van der Waals surface area contributed by atoms with Crippen molar-refractivity contribution in [3.05, 3.63) is 35.7 Å². The first kappa shape index (κ1) is 17.7. The van der Waals surface area contributed by atoms with Gasteiger partial charge in [-0.25, -0.2) is 19.7 Å². The molecule has 0 bridgehead atoms. The van der Waals surface area contributed by atoms with E-state index in [9.17, 15) is 9.59 Å². The van der Waals surface area contributed by atoms with Crippen LogP contribution in [0.2, 0.25) is 0 Å². The van der Waals surface area contributed by atoms with Crippen molar-refractivity contribution >= 4 is 17.8 Å². The van der Waals surface area contributed by atoms with E-state index in [1.54, 1.807) is 21.0 Å². The topological polar surface area (TPSA) is 93.7 Å². The van der Waals surface area contributed by atoms with E-state index >= 15 is 0 Å². The van der Waals surface area contributed by atoms with E-state index in [1.165, 1.54) is 12.4 Å². The van der Waals surface area contributed by atoms with E-state index in [1.807, 2.05) is 26.0 Å². The molecule has 1 N–H and O–H groups in total. The number of benzene rings is 1. The van der Waals surface area contributed by atoms with Crippen LogP contribution in [0, 0.1) is 13.8 Å². The highest BCUT2D eigenvalue weighted by atomic mass is 16.5. The van der Waals surface area contributed by atoms with Crippen LogP contribution in [0.15, 0.2) is 24.5 Å². The van der Waals surface area contributed by atoms with E-state index in [0.29, 0.717) is 5.75 Å². The summed E-state index contributed by atoms with van der Waals surface area (Å²) in [6.07, 6.45) is 1.25. The standard InChI is InChI=1S/C18H20N4O4/c1-10-6-12(7-11(2)15(10)25-5)26-14-8-13(19-9-20-14)22-16(23)18(3,4)21-17(22)24/h6-9H,1-5H3,(H,21,24). The molecule has 8 nitrogen and oxygen atoms in total. The molecule has 2 heterocycles. The van der Waals surface area contributed by atoms with Crippen LogP contribution >= 0.6 is 0 Å². The number of aryl methyl sites for hydroxylation is 2. The predicted octanol–water partition coefficient (Wildman–Crippen LogP) is 2.73. The summed E-state index contributed by atoms with van der Waals surface area (Å²) in [4.78, 5) is 33.6. The van der Waals surface area contributed by atoms with Gasteiger partial charge in [0.2, 0.25) is 5.88 Å².